The Kier molecular flexibility index (Phi) is 4.72. The van der Waals surface area contributed by atoms with Crippen LogP contribution >= 0.6 is 11.6 Å². The van der Waals surface area contributed by atoms with Crippen LogP contribution in [-0.4, -0.2) is 15.6 Å². The molecule has 0 atom stereocenters. The van der Waals surface area contributed by atoms with Gasteiger partial charge in [0.15, 0.2) is 5.65 Å². The van der Waals surface area contributed by atoms with Crippen LogP contribution < -0.4 is 5.43 Å². The quantitative estimate of drug-likeness (QED) is 0.380. The summed E-state index contributed by atoms with van der Waals surface area (Å²) in [5.74, 6) is 0.827. The highest BCUT2D eigenvalue weighted by Gasteiger charge is 2.19. The van der Waals surface area contributed by atoms with E-state index in [9.17, 15) is 5.26 Å². The highest BCUT2D eigenvalue weighted by Crippen LogP contribution is 2.31. The lowest BCUT2D eigenvalue weighted by Gasteiger charge is -2.15. The number of aromatic nitrogens is 2. The molecule has 0 amide bonds. The molecule has 5 nitrogen and oxygen atoms in total. The molecule has 0 bridgehead atoms. The molecule has 2 aromatic carbocycles. The molecule has 0 unspecified atom stereocenters. The van der Waals surface area contributed by atoms with E-state index in [1.54, 1.807) is 6.21 Å². The number of imidazole rings is 1. The molecule has 28 heavy (non-hydrogen) atoms. The summed E-state index contributed by atoms with van der Waals surface area (Å²) < 4.78 is 1.99. The Morgan fingerprint density at radius 3 is 2.68 bits per heavy atom. The van der Waals surface area contributed by atoms with E-state index in [-0.39, 0.29) is 0 Å². The van der Waals surface area contributed by atoms with Crippen molar-refractivity contribution in [2.75, 3.05) is 5.43 Å². The Morgan fingerprint density at radius 1 is 1.21 bits per heavy atom. The van der Waals surface area contributed by atoms with Crippen LogP contribution in [0.4, 0.5) is 5.82 Å². The summed E-state index contributed by atoms with van der Waals surface area (Å²) in [5, 5.41) is 14.9. The van der Waals surface area contributed by atoms with Gasteiger partial charge in [-0.2, -0.15) is 10.4 Å². The third-order valence-corrected chi connectivity index (χ3v) is 5.09. The minimum atomic E-state index is 0.597. The average Bonchev–Trinajstić information content (AvgIpc) is 3.08. The van der Waals surface area contributed by atoms with E-state index in [2.05, 4.69) is 23.5 Å². The van der Waals surface area contributed by atoms with Crippen LogP contribution in [0.15, 0.2) is 53.6 Å². The molecule has 4 aromatic rings. The van der Waals surface area contributed by atoms with Crippen molar-refractivity contribution in [2.24, 2.45) is 5.10 Å². The summed E-state index contributed by atoms with van der Waals surface area (Å²) in [5.41, 5.74) is 9.12. The maximum atomic E-state index is 9.74. The number of rotatable bonds is 4. The van der Waals surface area contributed by atoms with Crippen molar-refractivity contribution in [1.29, 1.82) is 5.26 Å². The van der Waals surface area contributed by atoms with Crippen molar-refractivity contribution < 1.29 is 0 Å². The summed E-state index contributed by atoms with van der Waals surface area (Å²) in [6.07, 6.45) is 2.51. The largest absolute Gasteiger partial charge is 0.276 e. The molecular formula is C22H18ClN5. The van der Waals surface area contributed by atoms with Gasteiger partial charge in [-0.25, -0.2) is 4.98 Å². The number of halogens is 1. The third kappa shape index (κ3) is 2.98. The zero-order valence-electron chi connectivity index (χ0n) is 15.6. The summed E-state index contributed by atoms with van der Waals surface area (Å²) in [6, 6.07) is 17.6. The van der Waals surface area contributed by atoms with Gasteiger partial charge in [-0.3, -0.25) is 9.83 Å². The lowest BCUT2D eigenvalue weighted by molar-refractivity contribution is 1.04. The first-order valence-electron chi connectivity index (χ1n) is 9.01. The highest BCUT2D eigenvalue weighted by atomic mass is 35.5. The van der Waals surface area contributed by atoms with Crippen molar-refractivity contribution in [2.45, 2.75) is 20.3 Å². The van der Waals surface area contributed by atoms with Crippen LogP contribution in [0, 0.1) is 18.3 Å². The number of benzene rings is 2. The molecule has 0 saturated carbocycles. The van der Waals surface area contributed by atoms with Crippen molar-refractivity contribution >= 4 is 40.3 Å². The van der Waals surface area contributed by atoms with Crippen LogP contribution in [-0.2, 0) is 6.42 Å². The second kappa shape index (κ2) is 7.34. The lowest BCUT2D eigenvalue weighted by Crippen LogP contribution is -2.07. The topological polar surface area (TPSA) is 65.5 Å². The summed E-state index contributed by atoms with van der Waals surface area (Å²) in [7, 11) is 0. The third-order valence-electron chi connectivity index (χ3n) is 4.84. The number of hydrogen-bond acceptors (Lipinski definition) is 4. The van der Waals surface area contributed by atoms with Crippen LogP contribution in [0.5, 0.6) is 0 Å². The molecule has 6 heteroatoms. The van der Waals surface area contributed by atoms with Gasteiger partial charge in [-0.15, -0.1) is 0 Å². The van der Waals surface area contributed by atoms with Gasteiger partial charge in [0, 0.05) is 5.02 Å². The van der Waals surface area contributed by atoms with E-state index >= 15 is 0 Å². The van der Waals surface area contributed by atoms with Gasteiger partial charge in [-0.1, -0.05) is 42.8 Å². The molecule has 0 fully saturated rings. The Morgan fingerprint density at radius 2 is 1.96 bits per heavy atom. The predicted molar refractivity (Wildman–Crippen MR) is 114 cm³/mol. The Hall–Kier alpha value is -3.36. The van der Waals surface area contributed by atoms with Crippen LogP contribution in [0.3, 0.4) is 0 Å². The fraction of sp³-hybridized carbons (Fsp3) is 0.136. The minimum Gasteiger partial charge on any atom is -0.276 e. The van der Waals surface area contributed by atoms with Crippen LogP contribution in [0.25, 0.3) is 16.7 Å². The molecular weight excluding hydrogens is 370 g/mol. The summed E-state index contributed by atoms with van der Waals surface area (Å²) >= 11 is 5.94. The normalized spacial score (nSPS) is 11.4. The smallest absolute Gasteiger partial charge is 0.157 e. The highest BCUT2D eigenvalue weighted by molar-refractivity contribution is 6.30. The first-order valence-corrected chi connectivity index (χ1v) is 9.39. The first-order chi connectivity index (χ1) is 13.6. The fourth-order valence-corrected chi connectivity index (χ4v) is 3.58. The SMILES string of the molecule is CCc1c(C)c(C#N)c2nc3ccccc3n2c1N/N=C/c1ccc(Cl)cc1. The minimum absolute atomic E-state index is 0.597. The number of pyridine rings is 1. The number of nitrogens with zero attached hydrogens (tertiary/aromatic N) is 4. The number of hydrazone groups is 1. The number of para-hydroxylation sites is 2. The summed E-state index contributed by atoms with van der Waals surface area (Å²) in [4.78, 5) is 4.69. The monoisotopic (exact) mass is 387 g/mol. The van der Waals surface area contributed by atoms with E-state index in [1.807, 2.05) is 59.9 Å². The number of hydrogen-bond donors (Lipinski definition) is 1. The molecule has 0 saturated heterocycles. The molecule has 138 valence electrons. The zero-order valence-corrected chi connectivity index (χ0v) is 16.3. The van der Waals surface area contributed by atoms with E-state index in [0.29, 0.717) is 16.2 Å². The second-order valence-corrected chi connectivity index (χ2v) is 6.91. The van der Waals surface area contributed by atoms with E-state index in [0.717, 1.165) is 40.0 Å². The van der Waals surface area contributed by atoms with Gasteiger partial charge in [0.1, 0.15) is 11.9 Å². The molecule has 2 aromatic heterocycles. The van der Waals surface area contributed by atoms with Crippen LogP contribution in [0.2, 0.25) is 5.02 Å². The van der Waals surface area contributed by atoms with Gasteiger partial charge in [0.2, 0.25) is 0 Å². The van der Waals surface area contributed by atoms with Gasteiger partial charge < -0.3 is 0 Å². The second-order valence-electron chi connectivity index (χ2n) is 6.47. The molecule has 0 aliphatic rings. The number of nitriles is 1. The van der Waals surface area contributed by atoms with E-state index < -0.39 is 0 Å². The fourth-order valence-electron chi connectivity index (χ4n) is 3.45. The van der Waals surface area contributed by atoms with Crippen molar-refractivity contribution in [1.82, 2.24) is 9.38 Å². The molecule has 1 N–H and O–H groups in total. The van der Waals surface area contributed by atoms with Gasteiger partial charge in [-0.05, 0) is 54.3 Å². The lowest BCUT2D eigenvalue weighted by atomic mass is 10.0. The molecule has 0 aliphatic carbocycles. The predicted octanol–water partition coefficient (Wildman–Crippen LogP) is 5.33. The Balaban J connectivity index is 1.91. The molecule has 0 radical (unpaired) electrons. The number of nitrogens with one attached hydrogen (secondary N) is 1. The van der Waals surface area contributed by atoms with Crippen molar-refractivity contribution in [3.05, 3.63) is 75.8 Å². The molecule has 2 heterocycles. The average molecular weight is 388 g/mol. The maximum Gasteiger partial charge on any atom is 0.157 e. The van der Waals surface area contributed by atoms with Crippen LogP contribution in [0.1, 0.15) is 29.2 Å². The van der Waals surface area contributed by atoms with Crippen molar-refractivity contribution in [3.8, 4) is 6.07 Å². The van der Waals surface area contributed by atoms with E-state index in [4.69, 9.17) is 16.6 Å². The zero-order chi connectivity index (χ0) is 19.7. The molecule has 0 spiro atoms. The number of fused-ring (bicyclic) bond motifs is 3. The van der Waals surface area contributed by atoms with Gasteiger partial charge in [0.05, 0.1) is 22.8 Å². The van der Waals surface area contributed by atoms with Gasteiger partial charge in [0.25, 0.3) is 0 Å². The van der Waals surface area contributed by atoms with E-state index in [1.165, 1.54) is 0 Å². The molecule has 0 aliphatic heterocycles. The van der Waals surface area contributed by atoms with Gasteiger partial charge >= 0.3 is 0 Å². The molecule has 4 rings (SSSR count). The number of anilines is 1. The Labute approximate surface area is 167 Å². The maximum absolute atomic E-state index is 9.74. The first kappa shape index (κ1) is 18.0. The standard InChI is InChI=1S/C22H18ClN5/c1-3-17-14(2)18(12-24)21-26-19-6-4-5-7-20(19)28(21)22(17)27-25-13-15-8-10-16(23)11-9-15/h4-11,13,27H,3H2,1-2H3/b25-13+. The Bertz CT molecular complexity index is 1250. The summed E-state index contributed by atoms with van der Waals surface area (Å²) in [6.45, 7) is 4.04. The van der Waals surface area contributed by atoms with Crippen molar-refractivity contribution in [3.63, 3.8) is 0 Å².